The fourth-order valence-electron chi connectivity index (χ4n) is 2.49. The Balaban J connectivity index is 1.71. The van der Waals surface area contributed by atoms with Gasteiger partial charge in [-0.3, -0.25) is 9.59 Å². The van der Waals surface area contributed by atoms with Gasteiger partial charge in [0.1, 0.15) is 6.54 Å². The van der Waals surface area contributed by atoms with Crippen LogP contribution in [0.5, 0.6) is 0 Å². The van der Waals surface area contributed by atoms with Crippen LogP contribution in [-0.2, 0) is 11.3 Å². The first-order chi connectivity index (χ1) is 11.7. The first-order valence-electron chi connectivity index (χ1n) is 7.75. The van der Waals surface area contributed by atoms with Crippen molar-refractivity contribution in [2.45, 2.75) is 13.5 Å². The Hall–Kier alpha value is -3.15. The number of hydrogen-bond acceptors (Lipinski definition) is 3. The smallest absolute Gasteiger partial charge is 0.251 e. The number of hydrogen-bond donors (Lipinski definition) is 2. The zero-order valence-corrected chi connectivity index (χ0v) is 13.3. The van der Waals surface area contributed by atoms with Gasteiger partial charge in [-0.05, 0) is 37.3 Å². The third kappa shape index (κ3) is 3.43. The molecule has 0 saturated heterocycles. The number of fused-ring (bicyclic) bond motifs is 1. The van der Waals surface area contributed by atoms with Gasteiger partial charge >= 0.3 is 0 Å². The lowest BCUT2D eigenvalue weighted by atomic mass is 10.2. The standard InChI is InChI=1S/C18H18N4O2/c1-2-19-18(24)13-6-5-7-14(10-13)21-17(23)11-22-12-20-15-8-3-4-9-16(15)22/h3-10,12H,2,11H2,1H3,(H,19,24)(H,21,23). The number of nitrogens with one attached hydrogen (secondary N) is 2. The lowest BCUT2D eigenvalue weighted by molar-refractivity contribution is -0.116. The highest BCUT2D eigenvalue weighted by molar-refractivity contribution is 5.97. The van der Waals surface area contributed by atoms with Crippen molar-refractivity contribution in [3.05, 3.63) is 60.4 Å². The van der Waals surface area contributed by atoms with Crippen LogP contribution in [0, 0.1) is 0 Å². The van der Waals surface area contributed by atoms with Crippen LogP contribution in [0.15, 0.2) is 54.9 Å². The maximum absolute atomic E-state index is 12.3. The molecule has 2 amide bonds. The summed E-state index contributed by atoms with van der Waals surface area (Å²) in [7, 11) is 0. The number of benzene rings is 2. The molecule has 0 saturated carbocycles. The van der Waals surface area contributed by atoms with E-state index < -0.39 is 0 Å². The molecule has 24 heavy (non-hydrogen) atoms. The molecule has 0 unspecified atom stereocenters. The second-order valence-corrected chi connectivity index (χ2v) is 5.35. The van der Waals surface area contributed by atoms with Crippen molar-refractivity contribution in [2.75, 3.05) is 11.9 Å². The minimum Gasteiger partial charge on any atom is -0.352 e. The van der Waals surface area contributed by atoms with Crippen molar-refractivity contribution in [1.82, 2.24) is 14.9 Å². The Morgan fingerprint density at radius 1 is 1.12 bits per heavy atom. The maximum Gasteiger partial charge on any atom is 0.251 e. The van der Waals surface area contributed by atoms with E-state index >= 15 is 0 Å². The quantitative estimate of drug-likeness (QED) is 0.757. The number of rotatable bonds is 5. The van der Waals surface area contributed by atoms with Gasteiger partial charge in [-0.2, -0.15) is 0 Å². The molecule has 2 N–H and O–H groups in total. The molecule has 1 heterocycles. The third-order valence-electron chi connectivity index (χ3n) is 3.59. The SMILES string of the molecule is CCNC(=O)c1cccc(NC(=O)Cn2cnc3ccccc32)c1. The van der Waals surface area contributed by atoms with E-state index in [1.54, 1.807) is 35.2 Å². The highest BCUT2D eigenvalue weighted by atomic mass is 16.2. The molecule has 0 aliphatic rings. The summed E-state index contributed by atoms with van der Waals surface area (Å²) in [5.41, 5.74) is 2.86. The first-order valence-corrected chi connectivity index (χ1v) is 7.75. The number of para-hydroxylation sites is 2. The largest absolute Gasteiger partial charge is 0.352 e. The summed E-state index contributed by atoms with van der Waals surface area (Å²) in [6.07, 6.45) is 1.65. The van der Waals surface area contributed by atoms with Gasteiger partial charge in [-0.15, -0.1) is 0 Å². The normalized spacial score (nSPS) is 10.5. The van der Waals surface area contributed by atoms with E-state index in [9.17, 15) is 9.59 Å². The Labute approximate surface area is 139 Å². The van der Waals surface area contributed by atoms with E-state index in [4.69, 9.17) is 0 Å². The van der Waals surface area contributed by atoms with Crippen molar-refractivity contribution >= 4 is 28.5 Å². The number of carbonyl (C=O) groups is 2. The molecular formula is C18H18N4O2. The minimum absolute atomic E-state index is 0.158. The lowest BCUT2D eigenvalue weighted by Crippen LogP contribution is -2.23. The highest BCUT2D eigenvalue weighted by Crippen LogP contribution is 2.13. The molecule has 2 aromatic carbocycles. The summed E-state index contributed by atoms with van der Waals surface area (Å²) in [6, 6.07) is 14.5. The van der Waals surface area contributed by atoms with Crippen molar-refractivity contribution in [3.63, 3.8) is 0 Å². The van der Waals surface area contributed by atoms with Crippen LogP contribution in [0.1, 0.15) is 17.3 Å². The summed E-state index contributed by atoms with van der Waals surface area (Å²) in [6.45, 7) is 2.58. The molecule has 0 bridgehead atoms. The van der Waals surface area contributed by atoms with E-state index in [0.717, 1.165) is 11.0 Å². The molecule has 0 radical (unpaired) electrons. The Morgan fingerprint density at radius 2 is 1.96 bits per heavy atom. The summed E-state index contributed by atoms with van der Waals surface area (Å²) >= 11 is 0. The van der Waals surface area contributed by atoms with Crippen LogP contribution >= 0.6 is 0 Å². The molecule has 0 fully saturated rings. The number of aromatic nitrogens is 2. The second-order valence-electron chi connectivity index (χ2n) is 5.35. The van der Waals surface area contributed by atoms with Crippen molar-refractivity contribution in [2.24, 2.45) is 0 Å². The number of imidazole rings is 1. The van der Waals surface area contributed by atoms with Gasteiger partial charge in [0, 0.05) is 17.8 Å². The zero-order valence-electron chi connectivity index (χ0n) is 13.3. The summed E-state index contributed by atoms with van der Waals surface area (Å²) in [5.74, 6) is -0.333. The topological polar surface area (TPSA) is 76.0 Å². The van der Waals surface area contributed by atoms with Crippen LogP contribution in [0.25, 0.3) is 11.0 Å². The van der Waals surface area contributed by atoms with Crippen molar-refractivity contribution in [3.8, 4) is 0 Å². The lowest BCUT2D eigenvalue weighted by Gasteiger charge is -2.08. The summed E-state index contributed by atoms with van der Waals surface area (Å²) < 4.78 is 1.79. The van der Waals surface area contributed by atoms with Crippen LogP contribution in [-0.4, -0.2) is 27.9 Å². The van der Waals surface area contributed by atoms with Crippen molar-refractivity contribution < 1.29 is 9.59 Å². The molecular weight excluding hydrogens is 304 g/mol. The molecule has 0 spiro atoms. The molecule has 6 nitrogen and oxygen atoms in total. The van der Waals surface area contributed by atoms with Gasteiger partial charge in [0.25, 0.3) is 5.91 Å². The number of amides is 2. The fraction of sp³-hybridized carbons (Fsp3) is 0.167. The van der Waals surface area contributed by atoms with Gasteiger partial charge < -0.3 is 15.2 Å². The third-order valence-corrected chi connectivity index (χ3v) is 3.59. The maximum atomic E-state index is 12.3. The Kier molecular flexibility index (Phi) is 4.56. The van der Waals surface area contributed by atoms with E-state index in [0.29, 0.717) is 17.8 Å². The van der Waals surface area contributed by atoms with E-state index in [2.05, 4.69) is 15.6 Å². The Bertz CT molecular complexity index is 885. The molecule has 0 aliphatic heterocycles. The predicted octanol–water partition coefficient (Wildman–Crippen LogP) is 2.42. The van der Waals surface area contributed by atoms with E-state index in [-0.39, 0.29) is 18.4 Å². The minimum atomic E-state index is -0.175. The van der Waals surface area contributed by atoms with Gasteiger partial charge in [-0.1, -0.05) is 18.2 Å². The van der Waals surface area contributed by atoms with E-state index in [1.165, 1.54) is 0 Å². The number of carbonyl (C=O) groups excluding carboxylic acids is 2. The average molecular weight is 322 g/mol. The fourth-order valence-corrected chi connectivity index (χ4v) is 2.49. The molecule has 0 aliphatic carbocycles. The first kappa shape index (κ1) is 15.7. The van der Waals surface area contributed by atoms with Crippen LogP contribution in [0.3, 0.4) is 0 Å². The number of anilines is 1. The van der Waals surface area contributed by atoms with Gasteiger partial charge in [0.05, 0.1) is 17.4 Å². The monoisotopic (exact) mass is 322 g/mol. The van der Waals surface area contributed by atoms with Gasteiger partial charge in [-0.25, -0.2) is 4.98 Å². The van der Waals surface area contributed by atoms with Crippen LogP contribution in [0.2, 0.25) is 0 Å². The predicted molar refractivity (Wildman–Crippen MR) is 92.8 cm³/mol. The average Bonchev–Trinajstić information content (AvgIpc) is 2.98. The van der Waals surface area contributed by atoms with Crippen LogP contribution in [0.4, 0.5) is 5.69 Å². The van der Waals surface area contributed by atoms with Crippen molar-refractivity contribution in [1.29, 1.82) is 0 Å². The molecule has 0 atom stereocenters. The van der Waals surface area contributed by atoms with E-state index in [1.807, 2.05) is 31.2 Å². The Morgan fingerprint density at radius 3 is 2.79 bits per heavy atom. The van der Waals surface area contributed by atoms with Gasteiger partial charge in [0.2, 0.25) is 5.91 Å². The molecule has 3 aromatic rings. The molecule has 3 rings (SSSR count). The van der Waals surface area contributed by atoms with Gasteiger partial charge in [0.15, 0.2) is 0 Å². The number of nitrogens with zero attached hydrogens (tertiary/aromatic N) is 2. The second kappa shape index (κ2) is 6.95. The molecule has 1 aromatic heterocycles. The molecule has 122 valence electrons. The zero-order chi connectivity index (χ0) is 16.9. The summed E-state index contributed by atoms with van der Waals surface area (Å²) in [5, 5.41) is 5.55. The highest BCUT2D eigenvalue weighted by Gasteiger charge is 2.09. The molecule has 6 heteroatoms. The van der Waals surface area contributed by atoms with Crippen LogP contribution < -0.4 is 10.6 Å². The summed E-state index contributed by atoms with van der Waals surface area (Å²) in [4.78, 5) is 28.4.